The maximum absolute atomic E-state index is 12.5. The molecule has 0 bridgehead atoms. The van der Waals surface area contributed by atoms with Crippen LogP contribution in [0.25, 0.3) is 0 Å². The van der Waals surface area contributed by atoms with Gasteiger partial charge in [0.25, 0.3) is 0 Å². The summed E-state index contributed by atoms with van der Waals surface area (Å²) in [4.78, 5) is 24.3. The number of rotatable bonds is 7. The Morgan fingerprint density at radius 1 is 1.27 bits per heavy atom. The molecule has 22 heavy (non-hydrogen) atoms. The molecule has 0 aromatic rings. The first-order valence-electron chi connectivity index (χ1n) is 8.44. The van der Waals surface area contributed by atoms with Crippen LogP contribution in [0.15, 0.2) is 0 Å². The number of aliphatic hydroxyl groups is 1. The lowest BCUT2D eigenvalue weighted by atomic mass is 9.69. The number of esters is 1. The highest BCUT2D eigenvalue weighted by Crippen LogP contribution is 2.38. The van der Waals surface area contributed by atoms with Gasteiger partial charge in [0.05, 0.1) is 6.61 Å². The number of ether oxygens (including phenoxy) is 1. The Kier molecular flexibility index (Phi) is 7.87. The van der Waals surface area contributed by atoms with Gasteiger partial charge in [0.2, 0.25) is 5.91 Å². The fourth-order valence-corrected chi connectivity index (χ4v) is 3.25. The van der Waals surface area contributed by atoms with E-state index in [-0.39, 0.29) is 25.0 Å². The number of carbonyl (C=O) groups excluding carboxylic acids is 2. The van der Waals surface area contributed by atoms with E-state index in [0.29, 0.717) is 24.2 Å². The number of hydrogen-bond acceptors (Lipinski definition) is 4. The largest absolute Gasteiger partial charge is 0.464 e. The molecular formula is C17H31NO4. The van der Waals surface area contributed by atoms with Crippen LogP contribution in [0.5, 0.6) is 0 Å². The average molecular weight is 313 g/mol. The molecule has 0 aliphatic heterocycles. The number of aliphatic hydroxyl groups excluding tert-OH is 1. The van der Waals surface area contributed by atoms with Crippen LogP contribution in [0, 0.1) is 23.7 Å². The summed E-state index contributed by atoms with van der Waals surface area (Å²) in [5, 5.41) is 11.5. The molecule has 5 heteroatoms. The fourth-order valence-electron chi connectivity index (χ4n) is 3.25. The van der Waals surface area contributed by atoms with E-state index in [0.717, 1.165) is 12.8 Å². The van der Waals surface area contributed by atoms with Crippen LogP contribution in [0.3, 0.4) is 0 Å². The van der Waals surface area contributed by atoms with Crippen LogP contribution in [0.1, 0.15) is 53.4 Å². The van der Waals surface area contributed by atoms with Gasteiger partial charge in [-0.05, 0) is 37.5 Å². The summed E-state index contributed by atoms with van der Waals surface area (Å²) in [6.45, 7) is 8.33. The summed E-state index contributed by atoms with van der Waals surface area (Å²) >= 11 is 0. The van der Waals surface area contributed by atoms with Gasteiger partial charge in [-0.15, -0.1) is 0 Å². The summed E-state index contributed by atoms with van der Waals surface area (Å²) in [7, 11) is 0. The maximum Gasteiger partial charge on any atom is 0.328 e. The monoisotopic (exact) mass is 313 g/mol. The Morgan fingerprint density at radius 3 is 2.55 bits per heavy atom. The molecule has 0 radical (unpaired) electrons. The Balaban J connectivity index is 2.55. The third kappa shape index (κ3) is 5.59. The lowest BCUT2D eigenvalue weighted by Gasteiger charge is -2.36. The zero-order chi connectivity index (χ0) is 16.7. The molecule has 1 rings (SSSR count). The van der Waals surface area contributed by atoms with Gasteiger partial charge in [-0.2, -0.15) is 0 Å². The van der Waals surface area contributed by atoms with Crippen molar-refractivity contribution in [2.75, 3.05) is 13.2 Å². The minimum absolute atomic E-state index is 0.00987. The molecule has 1 unspecified atom stereocenters. The molecule has 4 atom stereocenters. The van der Waals surface area contributed by atoms with Crippen LogP contribution < -0.4 is 5.32 Å². The first-order valence-corrected chi connectivity index (χ1v) is 8.44. The highest BCUT2D eigenvalue weighted by Gasteiger charge is 2.36. The molecule has 0 spiro atoms. The second kappa shape index (κ2) is 9.13. The van der Waals surface area contributed by atoms with Gasteiger partial charge < -0.3 is 15.2 Å². The molecule has 0 saturated heterocycles. The predicted octanol–water partition coefficient (Wildman–Crippen LogP) is 2.13. The van der Waals surface area contributed by atoms with E-state index in [9.17, 15) is 9.59 Å². The van der Waals surface area contributed by atoms with Gasteiger partial charge in [0.15, 0.2) is 0 Å². The lowest BCUT2D eigenvalue weighted by Crippen LogP contribution is -2.46. The standard InChI is InChI=1S/C17H31NO4/c1-11(2)14-7-6-12(3)10-15(14)16(20)18-13(4)17(21)22-9-5-8-19/h11-15,19H,5-10H2,1-4H3,(H,18,20)/t12-,13-,14+,15?/m1/s1. The summed E-state index contributed by atoms with van der Waals surface area (Å²) in [5.74, 6) is 0.918. The summed E-state index contributed by atoms with van der Waals surface area (Å²) < 4.78 is 5.01. The summed E-state index contributed by atoms with van der Waals surface area (Å²) in [6, 6.07) is -0.642. The number of carbonyl (C=O) groups is 2. The van der Waals surface area contributed by atoms with E-state index >= 15 is 0 Å². The molecule has 1 aliphatic carbocycles. The molecule has 1 aliphatic rings. The minimum Gasteiger partial charge on any atom is -0.464 e. The van der Waals surface area contributed by atoms with Crippen molar-refractivity contribution in [1.29, 1.82) is 0 Å². The number of nitrogens with one attached hydrogen (secondary N) is 1. The SMILES string of the molecule is CC(C)[C@@H]1CC[C@@H](C)CC1C(=O)N[C@H](C)C(=O)OCCCO. The molecule has 1 saturated carbocycles. The van der Waals surface area contributed by atoms with Crippen molar-refractivity contribution in [3.05, 3.63) is 0 Å². The van der Waals surface area contributed by atoms with Gasteiger partial charge in [0.1, 0.15) is 6.04 Å². The van der Waals surface area contributed by atoms with Crippen molar-refractivity contribution < 1.29 is 19.4 Å². The molecule has 1 amide bonds. The molecule has 0 aromatic heterocycles. The Morgan fingerprint density at radius 2 is 1.95 bits per heavy atom. The predicted molar refractivity (Wildman–Crippen MR) is 85.1 cm³/mol. The van der Waals surface area contributed by atoms with Crippen LogP contribution in [0.4, 0.5) is 0 Å². The van der Waals surface area contributed by atoms with Gasteiger partial charge in [0, 0.05) is 18.9 Å². The quantitative estimate of drug-likeness (QED) is 0.557. The van der Waals surface area contributed by atoms with Crippen molar-refractivity contribution in [3.8, 4) is 0 Å². The Bertz CT molecular complexity index is 370. The molecule has 0 aromatic carbocycles. The number of amides is 1. The van der Waals surface area contributed by atoms with Gasteiger partial charge in [-0.1, -0.05) is 27.2 Å². The van der Waals surface area contributed by atoms with Crippen molar-refractivity contribution in [2.45, 2.75) is 59.4 Å². The highest BCUT2D eigenvalue weighted by molar-refractivity contribution is 5.85. The van der Waals surface area contributed by atoms with E-state index in [1.165, 1.54) is 6.42 Å². The van der Waals surface area contributed by atoms with Gasteiger partial charge >= 0.3 is 5.97 Å². The number of hydrogen-bond donors (Lipinski definition) is 2. The van der Waals surface area contributed by atoms with Crippen LogP contribution >= 0.6 is 0 Å². The van der Waals surface area contributed by atoms with Gasteiger partial charge in [-0.25, -0.2) is 4.79 Å². The van der Waals surface area contributed by atoms with Crippen molar-refractivity contribution in [3.63, 3.8) is 0 Å². The van der Waals surface area contributed by atoms with Crippen molar-refractivity contribution >= 4 is 11.9 Å². The van der Waals surface area contributed by atoms with E-state index in [1.54, 1.807) is 6.92 Å². The molecule has 1 fully saturated rings. The first kappa shape index (κ1) is 18.9. The molecule has 2 N–H and O–H groups in total. The second-order valence-corrected chi connectivity index (χ2v) is 6.91. The van der Waals surface area contributed by atoms with E-state index in [1.807, 2.05) is 0 Å². The minimum atomic E-state index is -0.642. The van der Waals surface area contributed by atoms with E-state index in [4.69, 9.17) is 9.84 Å². The normalized spacial score (nSPS) is 26.5. The summed E-state index contributed by atoms with van der Waals surface area (Å²) in [6.07, 6.45) is 3.56. The van der Waals surface area contributed by atoms with Crippen LogP contribution in [-0.4, -0.2) is 36.2 Å². The average Bonchev–Trinajstić information content (AvgIpc) is 2.46. The third-order valence-corrected chi connectivity index (χ3v) is 4.62. The van der Waals surface area contributed by atoms with Crippen molar-refractivity contribution in [1.82, 2.24) is 5.32 Å². The zero-order valence-corrected chi connectivity index (χ0v) is 14.3. The lowest BCUT2D eigenvalue weighted by molar-refractivity contribution is -0.148. The fraction of sp³-hybridized carbons (Fsp3) is 0.882. The van der Waals surface area contributed by atoms with E-state index < -0.39 is 12.0 Å². The zero-order valence-electron chi connectivity index (χ0n) is 14.3. The molecular weight excluding hydrogens is 282 g/mol. The maximum atomic E-state index is 12.5. The van der Waals surface area contributed by atoms with Crippen LogP contribution in [0.2, 0.25) is 0 Å². The Hall–Kier alpha value is -1.10. The highest BCUT2D eigenvalue weighted by atomic mass is 16.5. The molecule has 0 heterocycles. The van der Waals surface area contributed by atoms with Crippen molar-refractivity contribution in [2.24, 2.45) is 23.7 Å². The smallest absolute Gasteiger partial charge is 0.328 e. The van der Waals surface area contributed by atoms with Gasteiger partial charge in [-0.3, -0.25) is 4.79 Å². The second-order valence-electron chi connectivity index (χ2n) is 6.91. The summed E-state index contributed by atoms with van der Waals surface area (Å²) in [5.41, 5.74) is 0. The molecule has 5 nitrogen and oxygen atoms in total. The Labute approximate surface area is 133 Å². The van der Waals surface area contributed by atoms with Crippen LogP contribution in [-0.2, 0) is 14.3 Å². The first-order chi connectivity index (χ1) is 10.4. The third-order valence-electron chi connectivity index (χ3n) is 4.62. The topological polar surface area (TPSA) is 75.6 Å². The van der Waals surface area contributed by atoms with E-state index in [2.05, 4.69) is 26.1 Å². The molecule has 128 valence electrons.